The molecule has 0 spiro atoms. The Hall–Kier alpha value is -0.949. The second-order valence-electron chi connectivity index (χ2n) is 10.6. The Morgan fingerprint density at radius 1 is 1.07 bits per heavy atom. The normalized spacial score (nSPS) is 20.4. The summed E-state index contributed by atoms with van der Waals surface area (Å²) in [5, 5.41) is 5.23. The van der Waals surface area contributed by atoms with Crippen LogP contribution in [-0.4, -0.2) is 31.1 Å². The fourth-order valence-corrected chi connectivity index (χ4v) is 11.4. The first-order valence-corrected chi connectivity index (χ1v) is 20.0. The summed E-state index contributed by atoms with van der Waals surface area (Å²) in [6, 6.07) is 8.24. The minimum Gasteiger partial charge on any atom is -0.418 e. The lowest BCUT2D eigenvalue weighted by atomic mass is 9.96. The van der Waals surface area contributed by atoms with Crippen LogP contribution in [0.4, 0.5) is 0 Å². The first-order valence-electron chi connectivity index (χ1n) is 10.4. The third-order valence-electron chi connectivity index (χ3n) is 6.65. The van der Waals surface area contributed by atoms with Crippen molar-refractivity contribution in [2.24, 2.45) is 0 Å². The van der Waals surface area contributed by atoms with E-state index in [0.717, 1.165) is 13.0 Å². The van der Waals surface area contributed by atoms with E-state index in [9.17, 15) is 0 Å². The average Bonchev–Trinajstić information content (AvgIpc) is 2.99. The summed E-state index contributed by atoms with van der Waals surface area (Å²) in [5.74, 6) is 0. The van der Waals surface area contributed by atoms with E-state index in [1.807, 2.05) is 5.20 Å². The molecule has 0 fully saturated rings. The van der Waals surface area contributed by atoms with Crippen LogP contribution >= 0.6 is 0 Å². The molecule has 4 heteroatoms. The van der Waals surface area contributed by atoms with E-state index in [1.165, 1.54) is 18.0 Å². The maximum absolute atomic E-state index is 6.16. The maximum Gasteiger partial charge on any atom is 0.183 e. The molecule has 0 bridgehead atoms. The highest BCUT2D eigenvalue weighted by atomic mass is 28.4. The van der Waals surface area contributed by atoms with Crippen molar-refractivity contribution >= 4 is 35.2 Å². The van der Waals surface area contributed by atoms with E-state index >= 15 is 0 Å². The van der Waals surface area contributed by atoms with Gasteiger partial charge in [0.05, 0.1) is 8.07 Å². The molecule has 0 aromatic heterocycles. The summed E-state index contributed by atoms with van der Waals surface area (Å²) in [5.41, 5.74) is 6.30. The molecule has 0 atom stereocenters. The fourth-order valence-electron chi connectivity index (χ4n) is 4.76. The molecule has 27 heavy (non-hydrogen) atoms. The fraction of sp³-hybridized carbons (Fsp3) is 0.478. The van der Waals surface area contributed by atoms with Gasteiger partial charge in [0.2, 0.25) is 0 Å². The molecule has 1 heterocycles. The Morgan fingerprint density at radius 2 is 1.81 bits per heavy atom. The second kappa shape index (κ2) is 6.28. The first-order chi connectivity index (χ1) is 12.5. The van der Waals surface area contributed by atoms with Gasteiger partial charge in [0, 0.05) is 6.61 Å². The van der Waals surface area contributed by atoms with Crippen molar-refractivity contribution < 1.29 is 4.43 Å². The van der Waals surface area contributed by atoms with E-state index in [1.54, 1.807) is 27.1 Å². The summed E-state index contributed by atoms with van der Waals surface area (Å²) >= 11 is 0. The van der Waals surface area contributed by atoms with Gasteiger partial charge in [0.1, 0.15) is 8.07 Å². The summed E-state index contributed by atoms with van der Waals surface area (Å²) in [6.07, 6.45) is 7.42. The molecule has 0 radical (unpaired) electrons. The Balaban J connectivity index is 1.54. The first kappa shape index (κ1) is 19.4. The highest BCUT2D eigenvalue weighted by molar-refractivity contribution is 7.13. The molecule has 0 saturated heterocycles. The largest absolute Gasteiger partial charge is 0.418 e. The Kier molecular flexibility index (Phi) is 4.50. The van der Waals surface area contributed by atoms with Crippen molar-refractivity contribution in [3.8, 4) is 0 Å². The molecule has 1 aromatic rings. The highest BCUT2D eigenvalue weighted by Crippen LogP contribution is 2.57. The lowest BCUT2D eigenvalue weighted by molar-refractivity contribution is 0.332. The van der Waals surface area contributed by atoms with Crippen molar-refractivity contribution in [3.05, 3.63) is 57.4 Å². The zero-order valence-corrected chi connectivity index (χ0v) is 21.1. The van der Waals surface area contributed by atoms with Crippen molar-refractivity contribution in [1.82, 2.24) is 0 Å². The third kappa shape index (κ3) is 3.46. The van der Waals surface area contributed by atoms with Crippen LogP contribution in [0, 0.1) is 0 Å². The van der Waals surface area contributed by atoms with Gasteiger partial charge in [-0.05, 0) is 60.8 Å². The Morgan fingerprint density at radius 3 is 2.52 bits per heavy atom. The molecule has 0 unspecified atom stereocenters. The minimum atomic E-state index is -1.43. The number of rotatable bonds is 6. The number of hydrogen-bond donors (Lipinski definition) is 0. The van der Waals surface area contributed by atoms with E-state index in [4.69, 9.17) is 4.43 Å². The molecule has 4 rings (SSSR count). The van der Waals surface area contributed by atoms with Crippen LogP contribution in [-0.2, 0) is 10.8 Å². The molecular weight excluding hydrogens is 377 g/mol. The van der Waals surface area contributed by atoms with Gasteiger partial charge in [-0.15, -0.1) is 0 Å². The number of hydrogen-bond acceptors (Lipinski definition) is 1. The van der Waals surface area contributed by atoms with Gasteiger partial charge in [0.15, 0.2) is 8.32 Å². The summed E-state index contributed by atoms with van der Waals surface area (Å²) in [7, 11) is -3.98. The molecular formula is C23H34OSi3. The number of fused-ring (bicyclic) bond motifs is 2. The summed E-state index contributed by atoms with van der Waals surface area (Å²) in [6.45, 7) is 17.9. The van der Waals surface area contributed by atoms with Gasteiger partial charge in [-0.2, -0.15) is 0 Å². The minimum absolute atomic E-state index is 0.937. The zero-order chi connectivity index (χ0) is 19.6. The molecule has 2 aliphatic carbocycles. The van der Waals surface area contributed by atoms with E-state index in [-0.39, 0.29) is 0 Å². The van der Waals surface area contributed by atoms with Crippen LogP contribution < -0.4 is 0 Å². The van der Waals surface area contributed by atoms with Crippen molar-refractivity contribution in [2.45, 2.75) is 64.7 Å². The molecule has 0 N–H and O–H groups in total. The zero-order valence-electron chi connectivity index (χ0n) is 18.1. The molecule has 0 saturated carbocycles. The average molecular weight is 411 g/mol. The Bertz CT molecular complexity index is 895. The van der Waals surface area contributed by atoms with Gasteiger partial charge >= 0.3 is 0 Å². The smallest absolute Gasteiger partial charge is 0.183 e. The topological polar surface area (TPSA) is 9.23 Å². The van der Waals surface area contributed by atoms with Crippen LogP contribution in [0.1, 0.15) is 23.1 Å². The van der Waals surface area contributed by atoms with Gasteiger partial charge in [0.25, 0.3) is 0 Å². The lowest BCUT2D eigenvalue weighted by Gasteiger charge is -2.26. The summed E-state index contributed by atoms with van der Waals surface area (Å²) < 4.78 is 6.16. The second-order valence-corrected chi connectivity index (χ2v) is 24.3. The number of benzene rings is 1. The quantitative estimate of drug-likeness (QED) is 0.479. The molecule has 0 amide bonds. The standard InChI is InChI=1S/C23H34OSi3/c1-25(2,3)24-13-14-26(4,5)19-12-11-17(15-19)20-10-8-9-18-16-21-23(22(18)20)27(21,6)7/h8-10,12,15H,11,13-14,16H2,1-7H3. The van der Waals surface area contributed by atoms with Gasteiger partial charge in [-0.25, -0.2) is 0 Å². The third-order valence-corrected chi connectivity index (χ3v) is 14.6. The van der Waals surface area contributed by atoms with E-state index < -0.39 is 24.5 Å². The van der Waals surface area contributed by atoms with Gasteiger partial charge in [-0.3, -0.25) is 0 Å². The van der Waals surface area contributed by atoms with Crippen molar-refractivity contribution in [2.75, 3.05) is 6.61 Å². The predicted molar refractivity (Wildman–Crippen MR) is 127 cm³/mol. The van der Waals surface area contributed by atoms with E-state index in [2.05, 4.69) is 76.2 Å². The molecule has 1 aliphatic heterocycles. The molecule has 3 aliphatic rings. The van der Waals surface area contributed by atoms with Crippen LogP contribution in [0.15, 0.2) is 40.7 Å². The van der Waals surface area contributed by atoms with Crippen LogP contribution in [0.25, 0.3) is 10.8 Å². The highest BCUT2D eigenvalue weighted by Gasteiger charge is 2.52. The molecule has 1 aromatic carbocycles. The SMILES string of the molecule is C[Si](C)(C)OCC[Si](C)(C)C1=CCC(c2cccc3c2C2=C(C3)[Si]2(C)C)=C1. The maximum atomic E-state index is 6.16. The Labute approximate surface area is 168 Å². The number of allylic oxidation sites excluding steroid dienone is 5. The van der Waals surface area contributed by atoms with Crippen LogP contribution in [0.2, 0.25) is 51.9 Å². The molecule has 1 nitrogen and oxygen atoms in total. The van der Waals surface area contributed by atoms with Crippen molar-refractivity contribution in [3.63, 3.8) is 0 Å². The van der Waals surface area contributed by atoms with Crippen molar-refractivity contribution in [1.29, 1.82) is 0 Å². The van der Waals surface area contributed by atoms with Gasteiger partial charge < -0.3 is 4.43 Å². The van der Waals surface area contributed by atoms with Gasteiger partial charge in [-0.1, -0.05) is 72.1 Å². The molecule has 144 valence electrons. The lowest BCUT2D eigenvalue weighted by Crippen LogP contribution is -2.33. The summed E-state index contributed by atoms with van der Waals surface area (Å²) in [4.78, 5) is 0. The predicted octanol–water partition coefficient (Wildman–Crippen LogP) is 6.61. The van der Waals surface area contributed by atoms with E-state index in [0.29, 0.717) is 0 Å². The monoisotopic (exact) mass is 410 g/mol. The van der Waals surface area contributed by atoms with Crippen LogP contribution in [0.5, 0.6) is 0 Å². The van der Waals surface area contributed by atoms with Crippen LogP contribution in [0.3, 0.4) is 0 Å².